The molecule has 0 aliphatic carbocycles. The van der Waals surface area contributed by atoms with Gasteiger partial charge in [-0.05, 0) is 29.7 Å². The molecule has 0 aliphatic heterocycles. The van der Waals surface area contributed by atoms with E-state index in [2.05, 4.69) is 16.0 Å². The average Bonchev–Trinajstić information content (AvgIpc) is 2.54. The number of aliphatic carboxylic acids is 1. The van der Waals surface area contributed by atoms with Gasteiger partial charge in [0, 0.05) is 35.1 Å². The standard InChI is InChI=1S/C18H16N2O2/c1-12(6-18(21)22)14-8-15(10-19-9-14)16-7-13-4-2-3-5-17(13)20-11-16/h2-5,7-12H,6H2,1H3,(H,21,22). The van der Waals surface area contributed by atoms with Crippen LogP contribution in [0, 0.1) is 0 Å². The monoisotopic (exact) mass is 292 g/mol. The summed E-state index contributed by atoms with van der Waals surface area (Å²) in [5.74, 6) is -0.872. The molecule has 0 bridgehead atoms. The summed E-state index contributed by atoms with van der Waals surface area (Å²) in [6.07, 6.45) is 5.43. The van der Waals surface area contributed by atoms with Crippen LogP contribution in [-0.2, 0) is 4.79 Å². The highest BCUT2D eigenvalue weighted by molar-refractivity contribution is 5.83. The predicted molar refractivity (Wildman–Crippen MR) is 85.6 cm³/mol. The minimum absolute atomic E-state index is 0.0710. The van der Waals surface area contributed by atoms with E-state index in [0.29, 0.717) is 0 Å². The number of carbonyl (C=O) groups is 1. The van der Waals surface area contributed by atoms with Gasteiger partial charge in [-0.3, -0.25) is 14.8 Å². The lowest BCUT2D eigenvalue weighted by molar-refractivity contribution is -0.137. The Morgan fingerprint density at radius 3 is 2.73 bits per heavy atom. The quantitative estimate of drug-likeness (QED) is 0.792. The molecule has 3 aromatic rings. The van der Waals surface area contributed by atoms with Crippen molar-refractivity contribution in [1.82, 2.24) is 9.97 Å². The third kappa shape index (κ3) is 2.96. The fourth-order valence-corrected chi connectivity index (χ4v) is 2.49. The van der Waals surface area contributed by atoms with Crippen LogP contribution in [0.1, 0.15) is 24.8 Å². The number of aromatic nitrogens is 2. The van der Waals surface area contributed by atoms with Crippen molar-refractivity contribution in [3.8, 4) is 11.1 Å². The van der Waals surface area contributed by atoms with Gasteiger partial charge in [0.1, 0.15) is 0 Å². The number of carboxylic acid groups (broad SMARTS) is 1. The van der Waals surface area contributed by atoms with Crippen molar-refractivity contribution in [3.63, 3.8) is 0 Å². The van der Waals surface area contributed by atoms with Crippen molar-refractivity contribution in [2.45, 2.75) is 19.3 Å². The number of para-hydroxylation sites is 1. The van der Waals surface area contributed by atoms with Gasteiger partial charge in [0.15, 0.2) is 0 Å². The van der Waals surface area contributed by atoms with Gasteiger partial charge in [0.2, 0.25) is 0 Å². The minimum atomic E-state index is -0.801. The summed E-state index contributed by atoms with van der Waals surface area (Å²) in [6.45, 7) is 1.90. The first-order valence-corrected chi connectivity index (χ1v) is 7.15. The van der Waals surface area contributed by atoms with Crippen molar-refractivity contribution in [2.75, 3.05) is 0 Å². The third-order valence-electron chi connectivity index (χ3n) is 3.73. The smallest absolute Gasteiger partial charge is 0.303 e. The molecule has 1 N–H and O–H groups in total. The molecule has 1 unspecified atom stereocenters. The van der Waals surface area contributed by atoms with Gasteiger partial charge in [0.05, 0.1) is 11.9 Å². The first kappa shape index (κ1) is 14.2. The second-order valence-electron chi connectivity index (χ2n) is 5.42. The highest BCUT2D eigenvalue weighted by Crippen LogP contribution is 2.26. The van der Waals surface area contributed by atoms with Crippen LogP contribution in [0.4, 0.5) is 0 Å². The zero-order chi connectivity index (χ0) is 15.5. The van der Waals surface area contributed by atoms with E-state index in [9.17, 15) is 4.79 Å². The van der Waals surface area contributed by atoms with Gasteiger partial charge in [-0.2, -0.15) is 0 Å². The number of hydrogen-bond acceptors (Lipinski definition) is 3. The van der Waals surface area contributed by atoms with Crippen molar-refractivity contribution in [1.29, 1.82) is 0 Å². The van der Waals surface area contributed by atoms with Crippen LogP contribution in [0.15, 0.2) is 55.0 Å². The van der Waals surface area contributed by atoms with E-state index in [1.165, 1.54) is 0 Å². The fourth-order valence-electron chi connectivity index (χ4n) is 2.49. The summed E-state index contributed by atoms with van der Waals surface area (Å²) in [7, 11) is 0. The van der Waals surface area contributed by atoms with Crippen LogP contribution in [-0.4, -0.2) is 21.0 Å². The van der Waals surface area contributed by atoms with Crippen LogP contribution in [0.5, 0.6) is 0 Å². The largest absolute Gasteiger partial charge is 0.481 e. The second-order valence-corrected chi connectivity index (χ2v) is 5.42. The molecular formula is C18H16N2O2. The highest BCUT2D eigenvalue weighted by atomic mass is 16.4. The second kappa shape index (κ2) is 5.93. The molecule has 22 heavy (non-hydrogen) atoms. The molecule has 2 aromatic heterocycles. The van der Waals surface area contributed by atoms with E-state index >= 15 is 0 Å². The Labute approximate surface area is 128 Å². The van der Waals surface area contributed by atoms with Crippen LogP contribution in [0.2, 0.25) is 0 Å². The van der Waals surface area contributed by atoms with E-state index in [-0.39, 0.29) is 12.3 Å². The summed E-state index contributed by atoms with van der Waals surface area (Å²) >= 11 is 0. The van der Waals surface area contributed by atoms with Crippen molar-refractivity contribution < 1.29 is 9.90 Å². The fraction of sp³-hybridized carbons (Fsp3) is 0.167. The number of pyridine rings is 2. The number of benzene rings is 1. The molecular weight excluding hydrogens is 276 g/mol. The maximum Gasteiger partial charge on any atom is 0.303 e. The number of nitrogens with zero attached hydrogens (tertiary/aromatic N) is 2. The summed E-state index contributed by atoms with van der Waals surface area (Å²) in [6, 6.07) is 12.0. The summed E-state index contributed by atoms with van der Waals surface area (Å²) in [5, 5.41) is 9.99. The van der Waals surface area contributed by atoms with E-state index in [1.807, 2.05) is 43.5 Å². The van der Waals surface area contributed by atoms with Gasteiger partial charge in [-0.15, -0.1) is 0 Å². The normalized spacial score (nSPS) is 12.2. The molecule has 0 amide bonds. The van der Waals surface area contributed by atoms with Crippen molar-refractivity contribution in [2.24, 2.45) is 0 Å². The molecule has 0 fully saturated rings. The van der Waals surface area contributed by atoms with Crippen molar-refractivity contribution >= 4 is 16.9 Å². The molecule has 0 spiro atoms. The van der Waals surface area contributed by atoms with Gasteiger partial charge in [-0.25, -0.2) is 0 Å². The Morgan fingerprint density at radius 1 is 1.14 bits per heavy atom. The van der Waals surface area contributed by atoms with Gasteiger partial charge >= 0.3 is 5.97 Å². The Bertz CT molecular complexity index is 830. The Kier molecular flexibility index (Phi) is 3.83. The summed E-state index contributed by atoms with van der Waals surface area (Å²) in [4.78, 5) is 19.6. The topological polar surface area (TPSA) is 63.1 Å². The third-order valence-corrected chi connectivity index (χ3v) is 3.73. The van der Waals surface area contributed by atoms with E-state index < -0.39 is 5.97 Å². The molecule has 1 atom stereocenters. The van der Waals surface area contributed by atoms with Gasteiger partial charge < -0.3 is 5.11 Å². The maximum atomic E-state index is 10.9. The predicted octanol–water partition coefficient (Wildman–Crippen LogP) is 3.88. The lowest BCUT2D eigenvalue weighted by atomic mass is 9.96. The molecule has 1 aromatic carbocycles. The van der Waals surface area contributed by atoms with E-state index in [4.69, 9.17) is 5.11 Å². The number of hydrogen-bond donors (Lipinski definition) is 1. The Hall–Kier alpha value is -2.75. The molecule has 0 saturated carbocycles. The maximum absolute atomic E-state index is 10.9. The molecule has 4 nitrogen and oxygen atoms in total. The van der Waals surface area contributed by atoms with Crippen LogP contribution in [0.25, 0.3) is 22.0 Å². The lowest BCUT2D eigenvalue weighted by Crippen LogP contribution is -2.03. The minimum Gasteiger partial charge on any atom is -0.481 e. The first-order chi connectivity index (χ1) is 10.6. The first-order valence-electron chi connectivity index (χ1n) is 7.15. The Balaban J connectivity index is 1.98. The van der Waals surface area contributed by atoms with E-state index in [0.717, 1.165) is 27.6 Å². The highest BCUT2D eigenvalue weighted by Gasteiger charge is 2.11. The molecule has 4 heteroatoms. The summed E-state index contributed by atoms with van der Waals surface area (Å²) in [5.41, 5.74) is 3.81. The Morgan fingerprint density at radius 2 is 1.91 bits per heavy atom. The zero-order valence-corrected chi connectivity index (χ0v) is 12.2. The SMILES string of the molecule is CC(CC(=O)O)c1cncc(-c2cnc3ccccc3c2)c1. The average molecular weight is 292 g/mol. The van der Waals surface area contributed by atoms with Crippen LogP contribution < -0.4 is 0 Å². The molecule has 3 rings (SSSR count). The molecule has 2 heterocycles. The zero-order valence-electron chi connectivity index (χ0n) is 12.2. The number of rotatable bonds is 4. The van der Waals surface area contributed by atoms with Gasteiger partial charge in [0.25, 0.3) is 0 Å². The molecule has 0 saturated heterocycles. The lowest BCUT2D eigenvalue weighted by Gasteiger charge is -2.10. The van der Waals surface area contributed by atoms with Crippen LogP contribution >= 0.6 is 0 Å². The number of carboxylic acids is 1. The van der Waals surface area contributed by atoms with Crippen LogP contribution in [0.3, 0.4) is 0 Å². The molecule has 110 valence electrons. The summed E-state index contributed by atoms with van der Waals surface area (Å²) < 4.78 is 0. The number of fused-ring (bicyclic) bond motifs is 1. The molecule has 0 aliphatic rings. The van der Waals surface area contributed by atoms with Gasteiger partial charge in [-0.1, -0.05) is 25.1 Å². The van der Waals surface area contributed by atoms with E-state index in [1.54, 1.807) is 12.4 Å². The van der Waals surface area contributed by atoms with Crippen molar-refractivity contribution in [3.05, 3.63) is 60.6 Å². The molecule has 0 radical (unpaired) electrons.